The number of nitriles is 2. The molecule has 13 heteroatoms. The third-order valence-electron chi connectivity index (χ3n) is 9.80. The summed E-state index contributed by atoms with van der Waals surface area (Å²) >= 11 is 0. The Labute approximate surface area is 329 Å². The Bertz CT molecular complexity index is 1580. The summed E-state index contributed by atoms with van der Waals surface area (Å²) in [5.41, 5.74) is 8.45. The van der Waals surface area contributed by atoms with Crippen LogP contribution in [0.4, 0.5) is 10.2 Å². The first-order chi connectivity index (χ1) is 27.0. The van der Waals surface area contributed by atoms with Gasteiger partial charge >= 0.3 is 8.60 Å². The average molecular weight is 781 g/mol. The van der Waals surface area contributed by atoms with Gasteiger partial charge in [0.25, 0.3) is 0 Å². The highest BCUT2D eigenvalue weighted by molar-refractivity contribution is 7.40. The van der Waals surface area contributed by atoms with Gasteiger partial charge in [0.1, 0.15) is 23.8 Å². The van der Waals surface area contributed by atoms with Crippen molar-refractivity contribution >= 4 is 19.9 Å². The number of aromatic nitrogens is 3. The number of anilines is 1. The molecule has 3 aromatic rings. The Morgan fingerprint density at radius 1 is 0.982 bits per heavy atom. The first kappa shape index (κ1) is 45.9. The first-order valence-electron chi connectivity index (χ1n) is 20.2. The molecule has 0 aliphatic carbocycles. The van der Waals surface area contributed by atoms with Crippen LogP contribution in [0.15, 0.2) is 48.8 Å². The molecular weight excluding hydrogens is 718 g/mol. The second-order valence-corrected chi connectivity index (χ2v) is 15.2. The molecule has 302 valence electrons. The summed E-state index contributed by atoms with van der Waals surface area (Å²) in [6.45, 7) is 6.24. The van der Waals surface area contributed by atoms with Gasteiger partial charge in [0.15, 0.2) is 5.82 Å². The van der Waals surface area contributed by atoms with Crippen molar-refractivity contribution in [2.24, 2.45) is 0 Å². The van der Waals surface area contributed by atoms with Gasteiger partial charge in [-0.1, -0.05) is 96.1 Å². The Hall–Kier alpha value is -3.48. The number of nitrogens with zero attached hydrogens (tertiary/aromatic N) is 5. The van der Waals surface area contributed by atoms with Gasteiger partial charge in [0.2, 0.25) is 0 Å². The zero-order valence-corrected chi connectivity index (χ0v) is 33.6. The lowest BCUT2D eigenvalue weighted by Crippen LogP contribution is -2.20. The highest BCUT2D eigenvalue weighted by Gasteiger charge is 2.30. The fourth-order valence-electron chi connectivity index (χ4n) is 6.79. The van der Waals surface area contributed by atoms with Crippen molar-refractivity contribution < 1.29 is 27.8 Å². The lowest BCUT2D eigenvalue weighted by Gasteiger charge is -2.20. The Kier molecular flexibility index (Phi) is 23.4. The van der Waals surface area contributed by atoms with Crippen molar-refractivity contribution in [3.05, 3.63) is 71.4 Å². The zero-order valence-electron chi connectivity index (χ0n) is 32.7. The third kappa shape index (κ3) is 17.9. The monoisotopic (exact) mass is 780 g/mol. The van der Waals surface area contributed by atoms with Gasteiger partial charge in [-0.05, 0) is 80.8 Å². The summed E-state index contributed by atoms with van der Waals surface area (Å²) in [4.78, 5) is 14.6. The molecular formula is C42H62FN6O5P. The van der Waals surface area contributed by atoms with Crippen LogP contribution in [-0.2, 0) is 25.1 Å². The van der Waals surface area contributed by atoms with Crippen LogP contribution >= 0.6 is 8.60 Å². The average Bonchev–Trinajstić information content (AvgIpc) is 3.86. The molecule has 0 radical (unpaired) electrons. The van der Waals surface area contributed by atoms with Crippen molar-refractivity contribution in [2.45, 2.75) is 154 Å². The minimum Gasteiger partial charge on any atom is -0.382 e. The summed E-state index contributed by atoms with van der Waals surface area (Å²) in [6, 6.07) is 10.0. The van der Waals surface area contributed by atoms with Gasteiger partial charge in [-0.15, -0.1) is 0 Å². The summed E-state index contributed by atoms with van der Waals surface area (Å²) < 4.78 is 39.5. The minimum absolute atomic E-state index is 0.140. The van der Waals surface area contributed by atoms with Crippen LogP contribution < -0.4 is 5.73 Å². The molecule has 0 bridgehead atoms. The number of allylic oxidation sites excluding steroid dienone is 2. The lowest BCUT2D eigenvalue weighted by molar-refractivity contribution is -0.00970. The molecule has 4 rings (SSSR count). The number of nitrogen functional groups attached to an aromatic ring is 1. The summed E-state index contributed by atoms with van der Waals surface area (Å²) in [7, 11) is -2.15. The van der Waals surface area contributed by atoms with E-state index in [0.29, 0.717) is 11.4 Å². The molecule has 0 spiro atoms. The highest BCUT2D eigenvalue weighted by Crippen LogP contribution is 2.38. The van der Waals surface area contributed by atoms with E-state index in [4.69, 9.17) is 29.5 Å². The van der Waals surface area contributed by atoms with Crippen LogP contribution in [0.2, 0.25) is 0 Å². The van der Waals surface area contributed by atoms with E-state index in [2.05, 4.69) is 35.7 Å². The molecule has 11 nitrogen and oxygen atoms in total. The van der Waals surface area contributed by atoms with Crippen molar-refractivity contribution in [1.82, 2.24) is 14.6 Å². The number of nitrogens with two attached hydrogens (primary N) is 1. The quantitative estimate of drug-likeness (QED) is 0.0412. The molecule has 1 aliphatic rings. The molecule has 3 N–H and O–H groups in total. The van der Waals surface area contributed by atoms with Gasteiger partial charge in [0.05, 0.1) is 49.4 Å². The maximum absolute atomic E-state index is 14.0. The van der Waals surface area contributed by atoms with Crippen LogP contribution in [0.1, 0.15) is 152 Å². The van der Waals surface area contributed by atoms with Gasteiger partial charge in [-0.25, -0.2) is 19.2 Å². The van der Waals surface area contributed by atoms with Gasteiger partial charge in [-0.2, -0.15) is 10.4 Å². The number of hydrogen-bond acceptors (Lipinski definition) is 10. The second kappa shape index (κ2) is 28.0. The second-order valence-electron chi connectivity index (χ2n) is 14.2. The molecule has 1 fully saturated rings. The van der Waals surface area contributed by atoms with E-state index in [-0.39, 0.29) is 43.7 Å². The van der Waals surface area contributed by atoms with Crippen molar-refractivity contribution in [3.63, 3.8) is 0 Å². The Morgan fingerprint density at radius 3 is 2.35 bits per heavy atom. The number of rotatable bonds is 28. The number of fused-ring (bicyclic) bond motifs is 1. The SMILES string of the molecule is C#N.CCCCCCCC/C=C/CCCCCCCCCCC(COP(O)OCC1CCC(c2ccc3c(N)ncnn23)O1)OCc1cc(F)cc(C#N)c1. The highest BCUT2D eigenvalue weighted by atomic mass is 31.2. The van der Waals surface area contributed by atoms with E-state index < -0.39 is 14.4 Å². The molecule has 2 aromatic heterocycles. The molecule has 1 saturated heterocycles. The maximum atomic E-state index is 14.0. The largest absolute Gasteiger partial charge is 0.382 e. The van der Waals surface area contributed by atoms with E-state index in [0.717, 1.165) is 43.3 Å². The molecule has 1 aliphatic heterocycles. The number of benzene rings is 1. The smallest absolute Gasteiger partial charge is 0.330 e. The molecule has 4 unspecified atom stereocenters. The first-order valence-corrected chi connectivity index (χ1v) is 21.3. The third-order valence-corrected chi connectivity index (χ3v) is 10.5. The fraction of sp³-hybridized carbons (Fsp3) is 0.619. The van der Waals surface area contributed by atoms with Crippen LogP contribution in [0.3, 0.4) is 0 Å². The molecule has 4 atom stereocenters. The molecule has 0 saturated carbocycles. The fourth-order valence-corrected chi connectivity index (χ4v) is 7.46. The summed E-state index contributed by atoms with van der Waals surface area (Å²) in [5, 5.41) is 20.0. The summed E-state index contributed by atoms with van der Waals surface area (Å²) in [5.74, 6) is -0.0580. The Balaban J connectivity index is 0.00000399. The van der Waals surface area contributed by atoms with E-state index in [9.17, 15) is 14.5 Å². The van der Waals surface area contributed by atoms with Crippen molar-refractivity contribution in [1.29, 1.82) is 10.5 Å². The van der Waals surface area contributed by atoms with Crippen LogP contribution in [0, 0.1) is 29.0 Å². The number of halogens is 1. The van der Waals surface area contributed by atoms with E-state index >= 15 is 0 Å². The van der Waals surface area contributed by atoms with Crippen molar-refractivity contribution in [2.75, 3.05) is 18.9 Å². The molecule has 1 aromatic carbocycles. The van der Waals surface area contributed by atoms with Gasteiger partial charge in [0, 0.05) is 6.57 Å². The predicted molar refractivity (Wildman–Crippen MR) is 215 cm³/mol. The number of unbranched alkanes of at least 4 members (excludes halogenated alkanes) is 14. The van der Waals surface area contributed by atoms with E-state index in [1.54, 1.807) is 10.6 Å². The Morgan fingerprint density at radius 2 is 1.65 bits per heavy atom. The van der Waals surface area contributed by atoms with Gasteiger partial charge in [-0.3, -0.25) is 0 Å². The molecule has 55 heavy (non-hydrogen) atoms. The normalized spacial score (nSPS) is 16.6. The van der Waals surface area contributed by atoms with Crippen molar-refractivity contribution in [3.8, 4) is 12.6 Å². The van der Waals surface area contributed by atoms with Gasteiger partial charge < -0.3 is 29.1 Å². The molecule has 3 heterocycles. The predicted octanol–water partition coefficient (Wildman–Crippen LogP) is 10.7. The maximum Gasteiger partial charge on any atom is 0.330 e. The summed E-state index contributed by atoms with van der Waals surface area (Å²) in [6.07, 6.45) is 27.9. The minimum atomic E-state index is -2.15. The van der Waals surface area contributed by atoms with Crippen LogP contribution in [-0.4, -0.2) is 44.9 Å². The van der Waals surface area contributed by atoms with Crippen LogP contribution in [0.5, 0.6) is 0 Å². The van der Waals surface area contributed by atoms with E-state index in [1.807, 2.05) is 18.2 Å². The molecule has 0 amide bonds. The zero-order chi connectivity index (χ0) is 39.5. The standard InChI is InChI=1S/C41H61FN5O5P.CHN/c1-2-3-4-5-6-7-8-9-10-11-12-13-14-15-16-17-18-19-20-36(49-29-34-25-33(28-43)26-35(42)27-34)30-50-53(48)51-31-37-21-24-40(52-37)38-22-23-39-41(44)45-32-46-47(38)39;1-2/h9-10,22-23,25-27,32,36-37,40,48H,2-8,11-21,24,29-31H2,1H3,(H2,44,45,46);1H/b10-9+;. The van der Waals surface area contributed by atoms with E-state index in [1.165, 1.54) is 108 Å². The topological polar surface area (TPSA) is 161 Å². The lowest BCUT2D eigenvalue weighted by atomic mass is 10.0. The number of hydrogen-bond donors (Lipinski definition) is 2. The van der Waals surface area contributed by atoms with Crippen LogP contribution in [0.25, 0.3) is 5.52 Å². The number of ether oxygens (including phenoxy) is 2.